The highest BCUT2D eigenvalue weighted by Crippen LogP contribution is 2.37. The van der Waals surface area contributed by atoms with Crippen LogP contribution in [0.1, 0.15) is 16.0 Å². The lowest BCUT2D eigenvalue weighted by Gasteiger charge is -2.12. The molecule has 0 fully saturated rings. The highest BCUT2D eigenvalue weighted by molar-refractivity contribution is 9.09. The largest absolute Gasteiger partial charge is 0.417 e. The molecule has 0 radical (unpaired) electrons. The Morgan fingerprint density at radius 2 is 1.95 bits per heavy atom. The number of nitrogens with one attached hydrogen (secondary N) is 1. The van der Waals surface area contributed by atoms with Gasteiger partial charge in [-0.25, -0.2) is 4.79 Å². The number of hydrogen-bond donors (Lipinski definition) is 1. The normalized spacial score (nSPS) is 12.8. The Morgan fingerprint density at radius 1 is 1.15 bits per heavy atom. The number of H-pyrrole nitrogens is 1. The first kappa shape index (κ1) is 13.7. The molecule has 0 aliphatic heterocycles. The van der Waals surface area contributed by atoms with Gasteiger partial charge in [-0.3, -0.25) is 4.98 Å². The van der Waals surface area contributed by atoms with Gasteiger partial charge in [0.25, 0.3) is 0 Å². The maximum Gasteiger partial charge on any atom is 0.417 e. The van der Waals surface area contributed by atoms with Gasteiger partial charge in [-0.05, 0) is 41.5 Å². The maximum atomic E-state index is 11.2. The molecule has 0 amide bonds. The van der Waals surface area contributed by atoms with Crippen LogP contribution >= 0.6 is 39.1 Å². The van der Waals surface area contributed by atoms with E-state index in [1.807, 2.05) is 6.07 Å². The van der Waals surface area contributed by atoms with E-state index in [0.717, 1.165) is 11.1 Å². The minimum absolute atomic E-state index is 0.140. The molecule has 3 aromatic rings. The van der Waals surface area contributed by atoms with Crippen molar-refractivity contribution >= 4 is 50.2 Å². The van der Waals surface area contributed by atoms with Crippen molar-refractivity contribution < 1.29 is 4.42 Å². The van der Waals surface area contributed by atoms with Crippen molar-refractivity contribution in [3.63, 3.8) is 0 Å². The maximum absolute atomic E-state index is 11.2. The molecule has 0 saturated carbocycles. The number of halogens is 3. The number of fused-ring (bicyclic) bond motifs is 1. The number of oxazole rings is 1. The summed E-state index contributed by atoms with van der Waals surface area (Å²) in [6.07, 6.45) is 0. The third-order valence-corrected chi connectivity index (χ3v) is 4.57. The molecule has 1 N–H and O–H groups in total. The molecule has 102 valence electrons. The first-order valence-electron chi connectivity index (χ1n) is 5.76. The predicted octanol–water partition coefficient (Wildman–Crippen LogP) is 4.91. The lowest BCUT2D eigenvalue weighted by molar-refractivity contribution is 0.555. The van der Waals surface area contributed by atoms with Crippen LogP contribution < -0.4 is 5.76 Å². The van der Waals surface area contributed by atoms with E-state index in [0.29, 0.717) is 21.1 Å². The van der Waals surface area contributed by atoms with Gasteiger partial charge in [-0.2, -0.15) is 0 Å². The molecular formula is C14H8BrCl2NO2. The molecule has 1 heterocycles. The minimum atomic E-state index is -0.468. The highest BCUT2D eigenvalue weighted by Gasteiger charge is 2.15. The van der Waals surface area contributed by atoms with E-state index in [4.69, 9.17) is 27.6 Å². The topological polar surface area (TPSA) is 46.0 Å². The summed E-state index contributed by atoms with van der Waals surface area (Å²) in [6, 6.07) is 10.8. The quantitative estimate of drug-likeness (QED) is 0.649. The second-order valence-electron chi connectivity index (χ2n) is 4.30. The predicted molar refractivity (Wildman–Crippen MR) is 84.1 cm³/mol. The fraction of sp³-hybridized carbons (Fsp3) is 0.0714. The van der Waals surface area contributed by atoms with E-state index in [1.165, 1.54) is 0 Å². The molecule has 0 spiro atoms. The van der Waals surface area contributed by atoms with Crippen LogP contribution in [0.5, 0.6) is 0 Å². The lowest BCUT2D eigenvalue weighted by Crippen LogP contribution is -1.94. The van der Waals surface area contributed by atoms with Gasteiger partial charge >= 0.3 is 5.76 Å². The van der Waals surface area contributed by atoms with Crippen LogP contribution in [0.15, 0.2) is 45.6 Å². The third-order valence-electron chi connectivity index (χ3n) is 2.97. The van der Waals surface area contributed by atoms with Gasteiger partial charge in [0.05, 0.1) is 10.3 Å². The lowest BCUT2D eigenvalue weighted by atomic mass is 10.0. The van der Waals surface area contributed by atoms with E-state index in [9.17, 15) is 4.79 Å². The van der Waals surface area contributed by atoms with Crippen molar-refractivity contribution in [2.45, 2.75) is 4.83 Å². The number of benzene rings is 2. The molecule has 0 aliphatic carbocycles. The van der Waals surface area contributed by atoms with Gasteiger partial charge in [0, 0.05) is 10.0 Å². The van der Waals surface area contributed by atoms with Crippen LogP contribution in [0.25, 0.3) is 11.1 Å². The Labute approximate surface area is 132 Å². The van der Waals surface area contributed by atoms with Crippen LogP contribution in [0.4, 0.5) is 0 Å². The van der Waals surface area contributed by atoms with Crippen molar-refractivity contribution in [3.05, 3.63) is 68.1 Å². The van der Waals surface area contributed by atoms with Crippen LogP contribution in [0.2, 0.25) is 10.0 Å². The molecular weight excluding hydrogens is 365 g/mol. The van der Waals surface area contributed by atoms with Crippen molar-refractivity contribution in [2.75, 3.05) is 0 Å². The minimum Gasteiger partial charge on any atom is -0.408 e. The van der Waals surface area contributed by atoms with Crippen molar-refractivity contribution in [2.24, 2.45) is 0 Å². The smallest absolute Gasteiger partial charge is 0.408 e. The Kier molecular flexibility index (Phi) is 3.63. The van der Waals surface area contributed by atoms with Crippen molar-refractivity contribution in [1.29, 1.82) is 0 Å². The van der Waals surface area contributed by atoms with Gasteiger partial charge in [0.2, 0.25) is 0 Å². The summed E-state index contributed by atoms with van der Waals surface area (Å²) in [5.74, 6) is -0.468. The Bertz CT molecular complexity index is 841. The summed E-state index contributed by atoms with van der Waals surface area (Å²) in [5, 5.41) is 1.23. The molecule has 6 heteroatoms. The monoisotopic (exact) mass is 371 g/mol. The van der Waals surface area contributed by atoms with Crippen LogP contribution in [0.3, 0.4) is 0 Å². The molecule has 0 aliphatic rings. The van der Waals surface area contributed by atoms with E-state index in [-0.39, 0.29) is 4.83 Å². The second-order valence-corrected chi connectivity index (χ2v) is 6.06. The zero-order valence-corrected chi connectivity index (χ0v) is 13.1. The van der Waals surface area contributed by atoms with E-state index < -0.39 is 5.76 Å². The van der Waals surface area contributed by atoms with Gasteiger partial charge in [-0.1, -0.05) is 45.2 Å². The van der Waals surface area contributed by atoms with Crippen molar-refractivity contribution in [3.8, 4) is 0 Å². The van der Waals surface area contributed by atoms with E-state index in [2.05, 4.69) is 20.9 Å². The fourth-order valence-electron chi connectivity index (χ4n) is 2.01. The first-order chi connectivity index (χ1) is 9.54. The van der Waals surface area contributed by atoms with Crippen molar-refractivity contribution in [1.82, 2.24) is 4.98 Å². The van der Waals surface area contributed by atoms with Gasteiger partial charge in [0.1, 0.15) is 0 Å². The highest BCUT2D eigenvalue weighted by atomic mass is 79.9. The van der Waals surface area contributed by atoms with E-state index in [1.54, 1.807) is 30.3 Å². The zero-order valence-electron chi connectivity index (χ0n) is 9.99. The summed E-state index contributed by atoms with van der Waals surface area (Å²) in [5.41, 5.74) is 2.95. The van der Waals surface area contributed by atoms with Crippen LogP contribution in [-0.4, -0.2) is 4.98 Å². The Hall–Kier alpha value is -1.23. The molecule has 20 heavy (non-hydrogen) atoms. The Balaban J connectivity index is 2.09. The number of aromatic amines is 1. The zero-order chi connectivity index (χ0) is 14.3. The average molecular weight is 373 g/mol. The molecule has 3 nitrogen and oxygen atoms in total. The molecule has 0 saturated heterocycles. The van der Waals surface area contributed by atoms with Crippen LogP contribution in [-0.2, 0) is 0 Å². The number of rotatable bonds is 2. The summed E-state index contributed by atoms with van der Waals surface area (Å²) < 4.78 is 5.06. The van der Waals surface area contributed by atoms with E-state index >= 15 is 0 Å². The summed E-state index contributed by atoms with van der Waals surface area (Å²) >= 11 is 15.8. The van der Waals surface area contributed by atoms with Crippen LogP contribution in [0, 0.1) is 0 Å². The van der Waals surface area contributed by atoms with Gasteiger partial charge in [-0.15, -0.1) is 0 Å². The summed E-state index contributed by atoms with van der Waals surface area (Å²) in [7, 11) is 0. The molecule has 1 aromatic heterocycles. The molecule has 3 rings (SSSR count). The first-order valence-corrected chi connectivity index (χ1v) is 7.43. The molecule has 2 aromatic carbocycles. The molecule has 1 atom stereocenters. The third kappa shape index (κ3) is 2.51. The standard InChI is InChI=1S/C14H8BrCl2NO2/c15-13(9-6-8(16)2-3-10(9)17)7-1-4-11-12(5-7)20-14(19)18-11/h1-6,13H,(H,18,19). The SMILES string of the molecule is O=c1[nH]c2ccc(C(Br)c3cc(Cl)ccc3Cl)cc2o1. The number of alkyl halides is 1. The fourth-order valence-corrected chi connectivity index (χ4v) is 3.21. The average Bonchev–Trinajstić information content (AvgIpc) is 2.79. The van der Waals surface area contributed by atoms with Gasteiger partial charge < -0.3 is 4.42 Å². The number of hydrogen-bond acceptors (Lipinski definition) is 2. The summed E-state index contributed by atoms with van der Waals surface area (Å²) in [4.78, 5) is 13.6. The number of aromatic nitrogens is 1. The molecule has 0 bridgehead atoms. The Morgan fingerprint density at radius 3 is 2.75 bits per heavy atom. The summed E-state index contributed by atoms with van der Waals surface area (Å²) in [6.45, 7) is 0. The second kappa shape index (κ2) is 5.28. The molecule has 1 unspecified atom stereocenters. The van der Waals surface area contributed by atoms with Gasteiger partial charge in [0.15, 0.2) is 5.58 Å².